The van der Waals surface area contributed by atoms with Crippen LogP contribution in [0, 0.1) is 5.92 Å². The third kappa shape index (κ3) is 3.10. The molecule has 0 N–H and O–H groups in total. The van der Waals surface area contributed by atoms with Crippen molar-refractivity contribution in [2.24, 2.45) is 5.92 Å². The van der Waals surface area contributed by atoms with E-state index in [1.807, 2.05) is 0 Å². The maximum atomic E-state index is 2.31. The number of benzene rings is 1. The molecule has 0 radical (unpaired) electrons. The van der Waals surface area contributed by atoms with Crippen molar-refractivity contribution >= 4 is 0 Å². The Labute approximate surface area is 101 Å². The average molecular weight is 218 g/mol. The third-order valence-corrected chi connectivity index (χ3v) is 3.45. The van der Waals surface area contributed by atoms with Crippen molar-refractivity contribution in [3.63, 3.8) is 0 Å². The van der Waals surface area contributed by atoms with Crippen LogP contribution in [0.3, 0.4) is 0 Å². The van der Waals surface area contributed by atoms with Crippen LogP contribution in [0.15, 0.2) is 24.3 Å². The molecule has 16 heavy (non-hydrogen) atoms. The Morgan fingerprint density at radius 2 is 1.50 bits per heavy atom. The number of hydrogen-bond donors (Lipinski definition) is 0. The van der Waals surface area contributed by atoms with Crippen LogP contribution in [-0.4, -0.2) is 0 Å². The maximum absolute atomic E-state index is 2.31. The zero-order valence-corrected chi connectivity index (χ0v) is 11.7. The molecule has 0 heterocycles. The van der Waals surface area contributed by atoms with Gasteiger partial charge in [-0.3, -0.25) is 0 Å². The lowest BCUT2D eigenvalue weighted by Gasteiger charge is -2.23. The lowest BCUT2D eigenvalue weighted by atomic mass is 9.82. The van der Waals surface area contributed by atoms with Gasteiger partial charge in [-0.05, 0) is 34.8 Å². The van der Waals surface area contributed by atoms with E-state index in [0.717, 1.165) is 5.92 Å². The smallest absolute Gasteiger partial charge is 0.0132 e. The van der Waals surface area contributed by atoms with Crippen molar-refractivity contribution in [3.8, 4) is 0 Å². The molecule has 90 valence electrons. The van der Waals surface area contributed by atoms with E-state index in [-0.39, 0.29) is 5.41 Å². The van der Waals surface area contributed by atoms with Crippen molar-refractivity contribution in [3.05, 3.63) is 35.4 Å². The summed E-state index contributed by atoms with van der Waals surface area (Å²) in [5, 5.41) is 0. The molecular weight excluding hydrogens is 192 g/mol. The van der Waals surface area contributed by atoms with Gasteiger partial charge in [0.1, 0.15) is 0 Å². The zero-order chi connectivity index (χ0) is 12.3. The van der Waals surface area contributed by atoms with Crippen LogP contribution in [-0.2, 0) is 5.41 Å². The minimum Gasteiger partial charge on any atom is -0.0648 e. The van der Waals surface area contributed by atoms with Gasteiger partial charge in [-0.15, -0.1) is 0 Å². The van der Waals surface area contributed by atoms with Crippen LogP contribution in [0.4, 0.5) is 0 Å². The molecule has 0 aliphatic heterocycles. The standard InChI is InChI=1S/C16H26/c1-7-15(12(2)3)13-8-10-14(11-9-13)16(4,5)6/h8-12,15H,7H2,1-6H3. The fraction of sp³-hybridized carbons (Fsp3) is 0.625. The van der Waals surface area contributed by atoms with E-state index in [2.05, 4.69) is 65.8 Å². The number of rotatable bonds is 3. The fourth-order valence-electron chi connectivity index (χ4n) is 2.32. The second kappa shape index (κ2) is 5.03. The maximum Gasteiger partial charge on any atom is -0.0132 e. The molecule has 1 aromatic carbocycles. The van der Waals surface area contributed by atoms with Crippen molar-refractivity contribution in [1.29, 1.82) is 0 Å². The molecule has 0 saturated heterocycles. The zero-order valence-electron chi connectivity index (χ0n) is 11.7. The monoisotopic (exact) mass is 218 g/mol. The Bertz CT molecular complexity index is 311. The summed E-state index contributed by atoms with van der Waals surface area (Å²) in [4.78, 5) is 0. The first kappa shape index (κ1) is 13.3. The van der Waals surface area contributed by atoms with Crippen LogP contribution in [0.2, 0.25) is 0 Å². The Morgan fingerprint density at radius 1 is 1.00 bits per heavy atom. The van der Waals surface area contributed by atoms with Gasteiger partial charge in [-0.2, -0.15) is 0 Å². The van der Waals surface area contributed by atoms with Gasteiger partial charge in [-0.25, -0.2) is 0 Å². The minimum atomic E-state index is 0.262. The fourth-order valence-corrected chi connectivity index (χ4v) is 2.32. The topological polar surface area (TPSA) is 0 Å². The van der Waals surface area contributed by atoms with Crippen LogP contribution >= 0.6 is 0 Å². The Hall–Kier alpha value is -0.780. The van der Waals surface area contributed by atoms with E-state index >= 15 is 0 Å². The molecule has 0 nitrogen and oxygen atoms in total. The molecule has 0 fully saturated rings. The largest absolute Gasteiger partial charge is 0.0648 e. The summed E-state index contributed by atoms with van der Waals surface area (Å²) in [7, 11) is 0. The van der Waals surface area contributed by atoms with Crippen LogP contribution in [0.25, 0.3) is 0 Å². The van der Waals surface area contributed by atoms with Gasteiger partial charge in [-0.1, -0.05) is 65.8 Å². The summed E-state index contributed by atoms with van der Waals surface area (Å²) >= 11 is 0. The first-order valence-electron chi connectivity index (χ1n) is 6.46. The molecule has 1 atom stereocenters. The first-order valence-corrected chi connectivity index (χ1v) is 6.46. The SMILES string of the molecule is CCC(c1ccc(C(C)(C)C)cc1)C(C)C. The van der Waals surface area contributed by atoms with Crippen molar-refractivity contribution < 1.29 is 0 Å². The highest BCUT2D eigenvalue weighted by molar-refractivity contribution is 5.29. The van der Waals surface area contributed by atoms with Crippen molar-refractivity contribution in [2.45, 2.75) is 59.3 Å². The van der Waals surface area contributed by atoms with Gasteiger partial charge in [0, 0.05) is 0 Å². The summed E-state index contributed by atoms with van der Waals surface area (Å²) in [6, 6.07) is 9.21. The normalized spacial score (nSPS) is 14.2. The van der Waals surface area contributed by atoms with Gasteiger partial charge >= 0.3 is 0 Å². The van der Waals surface area contributed by atoms with Crippen molar-refractivity contribution in [1.82, 2.24) is 0 Å². The predicted molar refractivity (Wildman–Crippen MR) is 73.0 cm³/mol. The molecule has 0 saturated carbocycles. The molecule has 1 aromatic rings. The summed E-state index contributed by atoms with van der Waals surface area (Å²) < 4.78 is 0. The second-order valence-electron chi connectivity index (χ2n) is 6.13. The van der Waals surface area contributed by atoms with E-state index in [1.54, 1.807) is 0 Å². The lowest BCUT2D eigenvalue weighted by Crippen LogP contribution is -2.11. The molecular formula is C16H26. The van der Waals surface area contributed by atoms with Gasteiger partial charge in [0.05, 0.1) is 0 Å². The van der Waals surface area contributed by atoms with Crippen LogP contribution < -0.4 is 0 Å². The summed E-state index contributed by atoms with van der Waals surface area (Å²) in [6.45, 7) is 13.7. The molecule has 0 spiro atoms. The first-order chi connectivity index (χ1) is 7.36. The minimum absolute atomic E-state index is 0.262. The van der Waals surface area contributed by atoms with Gasteiger partial charge < -0.3 is 0 Å². The summed E-state index contributed by atoms with van der Waals surface area (Å²) in [5.74, 6) is 1.43. The average Bonchev–Trinajstić information content (AvgIpc) is 2.17. The quantitative estimate of drug-likeness (QED) is 0.659. The molecule has 0 aromatic heterocycles. The molecule has 0 amide bonds. The third-order valence-electron chi connectivity index (χ3n) is 3.45. The lowest BCUT2D eigenvalue weighted by molar-refractivity contribution is 0.484. The van der Waals surface area contributed by atoms with Crippen LogP contribution in [0.5, 0.6) is 0 Å². The molecule has 0 aliphatic carbocycles. The summed E-state index contributed by atoms with van der Waals surface area (Å²) in [6.07, 6.45) is 1.23. The van der Waals surface area contributed by atoms with E-state index < -0.39 is 0 Å². The van der Waals surface area contributed by atoms with Gasteiger partial charge in [0.25, 0.3) is 0 Å². The van der Waals surface area contributed by atoms with Crippen molar-refractivity contribution in [2.75, 3.05) is 0 Å². The highest BCUT2D eigenvalue weighted by Crippen LogP contribution is 2.29. The number of hydrogen-bond acceptors (Lipinski definition) is 0. The Morgan fingerprint density at radius 3 is 1.81 bits per heavy atom. The summed E-state index contributed by atoms with van der Waals surface area (Å²) in [5.41, 5.74) is 3.18. The molecule has 0 aliphatic rings. The highest BCUT2D eigenvalue weighted by atomic mass is 14.2. The molecule has 0 heteroatoms. The Kier molecular flexibility index (Phi) is 4.18. The predicted octanol–water partition coefficient (Wildman–Crippen LogP) is 5.13. The molecule has 0 bridgehead atoms. The van der Waals surface area contributed by atoms with E-state index in [9.17, 15) is 0 Å². The molecule has 1 unspecified atom stereocenters. The highest BCUT2D eigenvalue weighted by Gasteiger charge is 2.16. The Balaban J connectivity index is 2.94. The second-order valence-corrected chi connectivity index (χ2v) is 6.13. The van der Waals surface area contributed by atoms with Crippen LogP contribution in [0.1, 0.15) is 65.0 Å². The van der Waals surface area contributed by atoms with Gasteiger partial charge in [0.2, 0.25) is 0 Å². The van der Waals surface area contributed by atoms with Gasteiger partial charge in [0.15, 0.2) is 0 Å². The van der Waals surface area contributed by atoms with E-state index in [0.29, 0.717) is 5.92 Å². The van der Waals surface area contributed by atoms with E-state index in [1.165, 1.54) is 17.5 Å². The van der Waals surface area contributed by atoms with E-state index in [4.69, 9.17) is 0 Å². The molecule has 1 rings (SSSR count).